The standard InChI is InChI=1S/C17H18N4O5S/c22-16(20-13-3-6-27(23,24)10-13)11-8-18-17(19-9-11)21-12-1-2-14-15(7-12)26-5-4-25-14/h1-2,7-9,13H,3-6,10H2,(H,20,22)(H,18,19,21). The van der Waals surface area contributed by atoms with Crippen molar-refractivity contribution in [2.45, 2.75) is 12.5 Å². The molecule has 0 spiro atoms. The second-order valence-electron chi connectivity index (χ2n) is 6.35. The van der Waals surface area contributed by atoms with Crippen LogP contribution in [0.2, 0.25) is 0 Å². The van der Waals surface area contributed by atoms with E-state index in [9.17, 15) is 13.2 Å². The minimum Gasteiger partial charge on any atom is -0.486 e. The van der Waals surface area contributed by atoms with Gasteiger partial charge in [0.1, 0.15) is 13.2 Å². The van der Waals surface area contributed by atoms with Gasteiger partial charge in [-0.15, -0.1) is 0 Å². The van der Waals surface area contributed by atoms with Gasteiger partial charge in [0, 0.05) is 30.2 Å². The van der Waals surface area contributed by atoms with Crippen molar-refractivity contribution in [1.29, 1.82) is 0 Å². The average Bonchev–Trinajstić information content (AvgIpc) is 3.00. The van der Waals surface area contributed by atoms with Crippen LogP contribution in [-0.4, -0.2) is 55.1 Å². The topological polar surface area (TPSA) is 120 Å². The highest BCUT2D eigenvalue weighted by molar-refractivity contribution is 7.91. The summed E-state index contributed by atoms with van der Waals surface area (Å²) in [4.78, 5) is 20.5. The number of ether oxygens (including phenoxy) is 2. The molecule has 0 saturated carbocycles. The molecule has 3 heterocycles. The van der Waals surface area contributed by atoms with Crippen molar-refractivity contribution in [2.75, 3.05) is 30.0 Å². The number of hydrogen-bond acceptors (Lipinski definition) is 8. The smallest absolute Gasteiger partial charge is 0.254 e. The molecule has 9 nitrogen and oxygen atoms in total. The van der Waals surface area contributed by atoms with Crippen molar-refractivity contribution in [3.05, 3.63) is 36.2 Å². The maximum atomic E-state index is 12.2. The van der Waals surface area contributed by atoms with Gasteiger partial charge in [-0.25, -0.2) is 18.4 Å². The maximum Gasteiger partial charge on any atom is 0.254 e. The molecule has 2 aromatic rings. The summed E-state index contributed by atoms with van der Waals surface area (Å²) in [6.07, 6.45) is 3.22. The number of anilines is 2. The summed E-state index contributed by atoms with van der Waals surface area (Å²) in [6, 6.07) is 5.05. The van der Waals surface area contributed by atoms with E-state index in [1.807, 2.05) is 6.07 Å². The molecule has 27 heavy (non-hydrogen) atoms. The summed E-state index contributed by atoms with van der Waals surface area (Å²) in [5.41, 5.74) is 1.000. The van der Waals surface area contributed by atoms with Crippen LogP contribution in [0.4, 0.5) is 11.6 Å². The molecule has 1 fully saturated rings. The van der Waals surface area contributed by atoms with Crippen molar-refractivity contribution in [3.8, 4) is 11.5 Å². The Morgan fingerprint density at radius 1 is 1.11 bits per heavy atom. The number of benzene rings is 1. The van der Waals surface area contributed by atoms with E-state index in [0.717, 1.165) is 5.69 Å². The summed E-state index contributed by atoms with van der Waals surface area (Å²) < 4.78 is 33.9. The molecule has 2 aliphatic rings. The van der Waals surface area contributed by atoms with Crippen molar-refractivity contribution in [2.24, 2.45) is 0 Å². The molecule has 1 amide bonds. The Labute approximate surface area is 156 Å². The minimum atomic E-state index is -3.05. The van der Waals surface area contributed by atoms with Gasteiger partial charge in [-0.05, 0) is 18.6 Å². The summed E-state index contributed by atoms with van der Waals surface area (Å²) >= 11 is 0. The summed E-state index contributed by atoms with van der Waals surface area (Å²) in [5, 5.41) is 5.74. The maximum absolute atomic E-state index is 12.2. The van der Waals surface area contributed by atoms with E-state index in [1.165, 1.54) is 12.4 Å². The fourth-order valence-electron chi connectivity index (χ4n) is 2.94. The average molecular weight is 390 g/mol. The van der Waals surface area contributed by atoms with Crippen LogP contribution in [0.1, 0.15) is 16.8 Å². The van der Waals surface area contributed by atoms with Crippen LogP contribution >= 0.6 is 0 Å². The van der Waals surface area contributed by atoms with Crippen LogP contribution in [0.5, 0.6) is 11.5 Å². The monoisotopic (exact) mass is 390 g/mol. The predicted octanol–water partition coefficient (Wildman–Crippen LogP) is 0.908. The Balaban J connectivity index is 1.39. The number of carbonyl (C=O) groups is 1. The Kier molecular flexibility index (Phi) is 4.56. The van der Waals surface area contributed by atoms with E-state index in [4.69, 9.17) is 9.47 Å². The van der Waals surface area contributed by atoms with Crippen molar-refractivity contribution < 1.29 is 22.7 Å². The van der Waals surface area contributed by atoms with E-state index in [0.29, 0.717) is 37.1 Å². The predicted molar refractivity (Wildman–Crippen MR) is 97.3 cm³/mol. The summed E-state index contributed by atoms with van der Waals surface area (Å²) in [6.45, 7) is 1.03. The molecule has 2 N–H and O–H groups in total. The van der Waals surface area contributed by atoms with Gasteiger partial charge < -0.3 is 20.1 Å². The quantitative estimate of drug-likeness (QED) is 0.791. The van der Waals surface area contributed by atoms with Crippen LogP contribution in [0.3, 0.4) is 0 Å². The molecule has 1 aromatic carbocycles. The zero-order valence-electron chi connectivity index (χ0n) is 14.3. The molecule has 1 aromatic heterocycles. The first-order valence-corrected chi connectivity index (χ1v) is 10.3. The number of aromatic nitrogens is 2. The van der Waals surface area contributed by atoms with Gasteiger partial charge in [0.2, 0.25) is 5.95 Å². The van der Waals surface area contributed by atoms with Crippen LogP contribution in [0.15, 0.2) is 30.6 Å². The second-order valence-corrected chi connectivity index (χ2v) is 8.58. The molecule has 1 saturated heterocycles. The van der Waals surface area contributed by atoms with E-state index >= 15 is 0 Å². The zero-order valence-corrected chi connectivity index (χ0v) is 15.2. The molecular formula is C17H18N4O5S. The van der Waals surface area contributed by atoms with E-state index in [-0.39, 0.29) is 29.0 Å². The number of fused-ring (bicyclic) bond motifs is 1. The molecule has 1 unspecified atom stereocenters. The third kappa shape index (κ3) is 4.11. The van der Waals surface area contributed by atoms with Crippen LogP contribution in [-0.2, 0) is 9.84 Å². The third-order valence-corrected chi connectivity index (χ3v) is 6.05. The number of nitrogens with zero attached hydrogens (tertiary/aromatic N) is 2. The number of nitrogens with one attached hydrogen (secondary N) is 2. The molecule has 0 bridgehead atoms. The number of carbonyl (C=O) groups excluding carboxylic acids is 1. The van der Waals surface area contributed by atoms with Gasteiger partial charge >= 0.3 is 0 Å². The van der Waals surface area contributed by atoms with Crippen molar-refractivity contribution in [1.82, 2.24) is 15.3 Å². The lowest BCUT2D eigenvalue weighted by Crippen LogP contribution is -2.35. The highest BCUT2D eigenvalue weighted by atomic mass is 32.2. The molecule has 142 valence electrons. The normalized spacial score (nSPS) is 20.1. The van der Waals surface area contributed by atoms with Crippen LogP contribution < -0.4 is 20.1 Å². The highest BCUT2D eigenvalue weighted by Gasteiger charge is 2.29. The first kappa shape index (κ1) is 17.5. The van der Waals surface area contributed by atoms with Crippen molar-refractivity contribution in [3.63, 3.8) is 0 Å². The Hall–Kier alpha value is -2.88. The van der Waals surface area contributed by atoms with E-state index in [2.05, 4.69) is 20.6 Å². The van der Waals surface area contributed by atoms with Gasteiger partial charge in [-0.3, -0.25) is 4.79 Å². The zero-order chi connectivity index (χ0) is 18.9. The Morgan fingerprint density at radius 2 is 1.85 bits per heavy atom. The van der Waals surface area contributed by atoms with Crippen LogP contribution in [0.25, 0.3) is 0 Å². The van der Waals surface area contributed by atoms with Gasteiger partial charge in [-0.1, -0.05) is 0 Å². The molecule has 0 radical (unpaired) electrons. The van der Waals surface area contributed by atoms with Gasteiger partial charge in [0.25, 0.3) is 5.91 Å². The molecule has 4 rings (SSSR count). The van der Waals surface area contributed by atoms with E-state index < -0.39 is 9.84 Å². The first-order chi connectivity index (χ1) is 13.0. The lowest BCUT2D eigenvalue weighted by atomic mass is 10.2. The Bertz CT molecular complexity index is 962. The molecular weight excluding hydrogens is 372 g/mol. The number of amides is 1. The summed E-state index contributed by atoms with van der Waals surface area (Å²) in [5.74, 6) is 1.35. The largest absolute Gasteiger partial charge is 0.486 e. The fourth-order valence-corrected chi connectivity index (χ4v) is 4.61. The number of hydrogen-bond donors (Lipinski definition) is 2. The van der Waals surface area contributed by atoms with Gasteiger partial charge in [-0.2, -0.15) is 0 Å². The molecule has 0 aliphatic carbocycles. The number of sulfone groups is 1. The Morgan fingerprint density at radius 3 is 2.56 bits per heavy atom. The van der Waals surface area contributed by atoms with Crippen molar-refractivity contribution >= 4 is 27.4 Å². The van der Waals surface area contributed by atoms with Crippen LogP contribution in [0, 0.1) is 0 Å². The molecule has 2 aliphatic heterocycles. The van der Waals surface area contributed by atoms with E-state index in [1.54, 1.807) is 12.1 Å². The molecule has 1 atom stereocenters. The van der Waals surface area contributed by atoms with Gasteiger partial charge in [0.05, 0.1) is 17.1 Å². The summed E-state index contributed by atoms with van der Waals surface area (Å²) in [7, 11) is -3.05. The number of rotatable bonds is 4. The SMILES string of the molecule is O=C(NC1CCS(=O)(=O)C1)c1cnc(Nc2ccc3c(c2)OCCO3)nc1. The lowest BCUT2D eigenvalue weighted by Gasteiger charge is -2.19. The van der Waals surface area contributed by atoms with Gasteiger partial charge in [0.15, 0.2) is 21.3 Å². The fraction of sp³-hybridized carbons (Fsp3) is 0.353. The lowest BCUT2D eigenvalue weighted by molar-refractivity contribution is 0.0940. The third-order valence-electron chi connectivity index (χ3n) is 4.28. The highest BCUT2D eigenvalue weighted by Crippen LogP contribution is 2.33. The first-order valence-electron chi connectivity index (χ1n) is 8.48. The minimum absolute atomic E-state index is 0.0245. The molecule has 10 heteroatoms. The second kappa shape index (κ2) is 7.03.